The topological polar surface area (TPSA) is 24.5 Å². The summed E-state index contributed by atoms with van der Waals surface area (Å²) >= 11 is 0. The number of halogens is 3. The summed E-state index contributed by atoms with van der Waals surface area (Å²) in [5.41, 5.74) is 1.85. The van der Waals surface area contributed by atoms with Crippen LogP contribution in [0.3, 0.4) is 0 Å². The molecule has 3 rings (SSSR count). The molecule has 26 heavy (non-hydrogen) atoms. The number of benzene rings is 2. The van der Waals surface area contributed by atoms with E-state index in [1.165, 1.54) is 24.3 Å². The molecule has 0 aliphatic carbocycles. The predicted molar refractivity (Wildman–Crippen MR) is 102 cm³/mol. The van der Waals surface area contributed by atoms with Crippen LogP contribution in [0.15, 0.2) is 42.5 Å². The summed E-state index contributed by atoms with van der Waals surface area (Å²) in [4.78, 5) is 2.37. The first-order valence-electron chi connectivity index (χ1n) is 8.57. The Hall–Kier alpha value is -1.69. The number of hydrogen-bond acceptors (Lipinski definition) is 3. The molecule has 1 aliphatic rings. The van der Waals surface area contributed by atoms with Gasteiger partial charge in [-0.05, 0) is 37.6 Å². The molecule has 0 amide bonds. The van der Waals surface area contributed by atoms with Crippen LogP contribution in [0.25, 0.3) is 0 Å². The maximum Gasteiger partial charge on any atom is 0.126 e. The highest BCUT2D eigenvalue weighted by molar-refractivity contribution is 5.85. The third-order valence-corrected chi connectivity index (χ3v) is 4.82. The summed E-state index contributed by atoms with van der Waals surface area (Å²) in [5, 5.41) is 3.47. The highest BCUT2D eigenvalue weighted by Crippen LogP contribution is 2.37. The van der Waals surface area contributed by atoms with Crippen LogP contribution in [-0.2, 0) is 0 Å². The molecule has 1 N–H and O–H groups in total. The zero-order valence-corrected chi connectivity index (χ0v) is 16.0. The van der Waals surface area contributed by atoms with Gasteiger partial charge in [-0.15, -0.1) is 12.4 Å². The van der Waals surface area contributed by atoms with E-state index in [0.29, 0.717) is 11.8 Å². The molecule has 0 spiro atoms. The maximum absolute atomic E-state index is 13.7. The van der Waals surface area contributed by atoms with Gasteiger partial charge in [-0.2, -0.15) is 0 Å². The van der Waals surface area contributed by atoms with Crippen molar-refractivity contribution in [2.24, 2.45) is 0 Å². The number of methoxy groups -OCH3 is 1. The second-order valence-electron chi connectivity index (χ2n) is 6.70. The highest BCUT2D eigenvalue weighted by atomic mass is 35.5. The van der Waals surface area contributed by atoms with E-state index in [2.05, 4.69) is 24.1 Å². The Bertz CT molecular complexity index is 726. The SMILES string of the molecule is COc1cc(F)ccc1C(c1ccc(F)cc1)N1C[C@H](C)NC[C@H]1C.Cl. The summed E-state index contributed by atoms with van der Waals surface area (Å²) in [5.74, 6) is -0.0943. The van der Waals surface area contributed by atoms with E-state index in [1.807, 2.05) is 0 Å². The fraction of sp³-hybridized carbons (Fsp3) is 0.400. The highest BCUT2D eigenvalue weighted by Gasteiger charge is 2.32. The molecule has 3 nitrogen and oxygen atoms in total. The lowest BCUT2D eigenvalue weighted by molar-refractivity contribution is 0.111. The Morgan fingerprint density at radius 2 is 1.73 bits per heavy atom. The number of nitrogens with zero attached hydrogens (tertiary/aromatic N) is 1. The van der Waals surface area contributed by atoms with E-state index >= 15 is 0 Å². The van der Waals surface area contributed by atoms with Crippen LogP contribution in [-0.4, -0.2) is 37.2 Å². The van der Waals surface area contributed by atoms with Gasteiger partial charge < -0.3 is 10.1 Å². The second kappa shape index (κ2) is 8.80. The van der Waals surface area contributed by atoms with Gasteiger partial charge in [0.1, 0.15) is 17.4 Å². The first kappa shape index (κ1) is 20.6. The molecule has 0 aromatic heterocycles. The van der Waals surface area contributed by atoms with Crippen LogP contribution >= 0.6 is 12.4 Å². The molecule has 1 fully saturated rings. The lowest BCUT2D eigenvalue weighted by Gasteiger charge is -2.43. The van der Waals surface area contributed by atoms with E-state index in [0.717, 1.165) is 24.2 Å². The fourth-order valence-corrected chi connectivity index (χ4v) is 3.52. The van der Waals surface area contributed by atoms with Crippen molar-refractivity contribution in [3.63, 3.8) is 0 Å². The number of ether oxygens (including phenoxy) is 1. The summed E-state index contributed by atoms with van der Waals surface area (Å²) in [6.45, 7) is 6.00. The standard InChI is InChI=1S/C20H24F2N2O.ClH/c1-13-12-24(14(2)11-23-13)20(15-4-6-16(21)7-5-15)18-9-8-17(22)10-19(18)25-3;/h4-10,13-14,20,23H,11-12H2,1-3H3;1H/t13-,14+,20?;/m0./s1. The van der Waals surface area contributed by atoms with E-state index < -0.39 is 0 Å². The summed E-state index contributed by atoms with van der Waals surface area (Å²) in [6, 6.07) is 11.6. The minimum absolute atomic E-state index is 0. The van der Waals surface area contributed by atoms with Crippen molar-refractivity contribution < 1.29 is 13.5 Å². The quantitative estimate of drug-likeness (QED) is 0.859. The molecule has 1 aliphatic heterocycles. The third kappa shape index (κ3) is 4.34. The van der Waals surface area contributed by atoms with Crippen LogP contribution in [0, 0.1) is 11.6 Å². The normalized spacial score (nSPS) is 21.7. The zero-order valence-electron chi connectivity index (χ0n) is 15.2. The van der Waals surface area contributed by atoms with E-state index in [9.17, 15) is 8.78 Å². The van der Waals surface area contributed by atoms with Crippen LogP contribution in [0.2, 0.25) is 0 Å². The molecule has 0 radical (unpaired) electrons. The van der Waals surface area contributed by atoms with Gasteiger partial charge in [0, 0.05) is 36.8 Å². The number of hydrogen-bond donors (Lipinski definition) is 1. The van der Waals surface area contributed by atoms with Gasteiger partial charge in [-0.1, -0.05) is 18.2 Å². The lowest BCUT2D eigenvalue weighted by Crippen LogP contribution is -2.55. The van der Waals surface area contributed by atoms with Crippen LogP contribution in [0.1, 0.15) is 31.0 Å². The van der Waals surface area contributed by atoms with E-state index in [4.69, 9.17) is 4.74 Å². The van der Waals surface area contributed by atoms with Crippen molar-refractivity contribution in [3.05, 3.63) is 65.2 Å². The first-order chi connectivity index (χ1) is 12.0. The van der Waals surface area contributed by atoms with Crippen molar-refractivity contribution in [1.82, 2.24) is 10.2 Å². The minimum Gasteiger partial charge on any atom is -0.496 e. The van der Waals surface area contributed by atoms with E-state index in [1.54, 1.807) is 25.3 Å². The van der Waals surface area contributed by atoms with Crippen molar-refractivity contribution in [2.75, 3.05) is 20.2 Å². The molecule has 1 heterocycles. The molecule has 0 bridgehead atoms. The molecule has 2 aromatic rings. The minimum atomic E-state index is -0.333. The Morgan fingerprint density at radius 3 is 2.38 bits per heavy atom. The zero-order chi connectivity index (χ0) is 18.0. The molecular weight excluding hydrogens is 358 g/mol. The van der Waals surface area contributed by atoms with Gasteiger partial charge in [0.25, 0.3) is 0 Å². The molecule has 2 aromatic carbocycles. The summed E-state index contributed by atoms with van der Waals surface area (Å²) in [6.07, 6.45) is 0. The van der Waals surface area contributed by atoms with Crippen molar-refractivity contribution in [2.45, 2.75) is 32.0 Å². The van der Waals surface area contributed by atoms with Gasteiger partial charge in [0.15, 0.2) is 0 Å². The second-order valence-corrected chi connectivity index (χ2v) is 6.70. The molecule has 1 saturated heterocycles. The number of piperazine rings is 1. The Balaban J connectivity index is 0.00000243. The number of rotatable bonds is 4. The Morgan fingerprint density at radius 1 is 1.08 bits per heavy atom. The van der Waals surface area contributed by atoms with Crippen LogP contribution in [0.5, 0.6) is 5.75 Å². The van der Waals surface area contributed by atoms with Gasteiger partial charge in [0.05, 0.1) is 13.2 Å². The van der Waals surface area contributed by atoms with Gasteiger partial charge >= 0.3 is 0 Å². The van der Waals surface area contributed by atoms with Gasteiger partial charge in [-0.3, -0.25) is 4.90 Å². The predicted octanol–water partition coefficient (Wildman–Crippen LogP) is 4.17. The maximum atomic E-state index is 13.7. The Kier molecular flexibility index (Phi) is 6.98. The van der Waals surface area contributed by atoms with Crippen molar-refractivity contribution >= 4 is 12.4 Å². The smallest absolute Gasteiger partial charge is 0.126 e. The number of nitrogens with one attached hydrogen (secondary N) is 1. The molecule has 1 unspecified atom stereocenters. The summed E-state index contributed by atoms with van der Waals surface area (Å²) < 4.78 is 32.6. The van der Waals surface area contributed by atoms with Crippen molar-refractivity contribution in [1.29, 1.82) is 0 Å². The molecule has 6 heteroatoms. The van der Waals surface area contributed by atoms with Gasteiger partial charge in [0.2, 0.25) is 0 Å². The van der Waals surface area contributed by atoms with Crippen LogP contribution in [0.4, 0.5) is 8.78 Å². The molecular formula is C20H25ClF2N2O. The van der Waals surface area contributed by atoms with Crippen LogP contribution < -0.4 is 10.1 Å². The monoisotopic (exact) mass is 382 g/mol. The largest absolute Gasteiger partial charge is 0.496 e. The van der Waals surface area contributed by atoms with E-state index in [-0.39, 0.29) is 36.1 Å². The third-order valence-electron chi connectivity index (χ3n) is 4.82. The first-order valence-corrected chi connectivity index (χ1v) is 8.57. The molecule has 142 valence electrons. The average molecular weight is 383 g/mol. The molecule has 0 saturated carbocycles. The Labute approximate surface area is 159 Å². The lowest BCUT2D eigenvalue weighted by atomic mass is 9.93. The molecule has 3 atom stereocenters. The van der Waals surface area contributed by atoms with Gasteiger partial charge in [-0.25, -0.2) is 8.78 Å². The summed E-state index contributed by atoms with van der Waals surface area (Å²) in [7, 11) is 1.55. The van der Waals surface area contributed by atoms with Crippen molar-refractivity contribution in [3.8, 4) is 5.75 Å². The average Bonchev–Trinajstić information content (AvgIpc) is 2.60. The fourth-order valence-electron chi connectivity index (χ4n) is 3.52.